The van der Waals surface area contributed by atoms with Gasteiger partial charge in [0.1, 0.15) is 0 Å². The van der Waals surface area contributed by atoms with Crippen molar-refractivity contribution in [3.8, 4) is 0 Å². The van der Waals surface area contributed by atoms with Gasteiger partial charge in [0.15, 0.2) is 0 Å². The van der Waals surface area contributed by atoms with Gasteiger partial charge in [0.25, 0.3) is 0 Å². The molecule has 1 rings (SSSR count). The highest BCUT2D eigenvalue weighted by Gasteiger charge is 2.07. The zero-order chi connectivity index (χ0) is 5.28. The molecule has 0 aliphatic carbocycles. The fourth-order valence-corrected chi connectivity index (χ4v) is 6.06. The minimum atomic E-state index is 0.344. The van der Waals surface area contributed by atoms with E-state index in [-0.39, 0.29) is 0 Å². The lowest BCUT2D eigenvalue weighted by molar-refractivity contribution is 2.07. The summed E-state index contributed by atoms with van der Waals surface area (Å²) >= 11 is 0. The molecule has 0 N–H and O–H groups in total. The van der Waals surface area contributed by atoms with Crippen molar-refractivity contribution in [3.63, 3.8) is 0 Å². The normalized spacial score (nSPS) is 39.7. The Hall–Kier alpha value is 0.600. The molecule has 0 fully saturated rings. The Morgan fingerprint density at radius 1 is 1.14 bits per heavy atom. The van der Waals surface area contributed by atoms with Gasteiger partial charge in [0, 0.05) is 0 Å². The fraction of sp³-hybridized carbons (Fsp3) is 0.600. The van der Waals surface area contributed by atoms with E-state index in [9.17, 15) is 0 Å². The first-order valence-corrected chi connectivity index (χ1v) is 6.46. The molecule has 0 nitrogen and oxygen atoms in total. The third kappa shape index (κ3) is 1.52. The van der Waals surface area contributed by atoms with Crippen LogP contribution in [-0.2, 0) is 0 Å². The van der Waals surface area contributed by atoms with Gasteiger partial charge < -0.3 is 0 Å². The highest BCUT2D eigenvalue weighted by Crippen LogP contribution is 2.55. The van der Waals surface area contributed by atoms with E-state index in [1.165, 1.54) is 5.90 Å². The standard InChI is InChI=1S/C5H10P2/c1-6-3-4-7(2)5-6/h3-4H,5H2,1-2H3. The van der Waals surface area contributed by atoms with Crippen LogP contribution in [0.3, 0.4) is 0 Å². The molecule has 1 aliphatic rings. The molecule has 7 heavy (non-hydrogen) atoms. The Morgan fingerprint density at radius 3 is 1.71 bits per heavy atom. The maximum atomic E-state index is 2.39. The number of rotatable bonds is 0. The Morgan fingerprint density at radius 2 is 1.57 bits per heavy atom. The maximum absolute atomic E-state index is 2.39. The molecule has 2 unspecified atom stereocenters. The molecule has 1 aliphatic heterocycles. The summed E-state index contributed by atoms with van der Waals surface area (Å²) < 4.78 is 0. The Kier molecular flexibility index (Phi) is 1.84. The van der Waals surface area contributed by atoms with Crippen LogP contribution in [0.1, 0.15) is 0 Å². The molecule has 0 aromatic rings. The predicted molar refractivity (Wildman–Crippen MR) is 39.7 cm³/mol. The SMILES string of the molecule is CP1C=CP(C)C1. The van der Waals surface area contributed by atoms with Gasteiger partial charge in [-0.15, -0.1) is 0 Å². The highest BCUT2D eigenvalue weighted by molar-refractivity contribution is 7.80. The molecule has 0 aromatic heterocycles. The van der Waals surface area contributed by atoms with Crippen molar-refractivity contribution in [1.82, 2.24) is 0 Å². The quantitative estimate of drug-likeness (QED) is 0.444. The highest BCUT2D eigenvalue weighted by atomic mass is 31.2. The van der Waals surface area contributed by atoms with Crippen LogP contribution < -0.4 is 0 Å². The van der Waals surface area contributed by atoms with Gasteiger partial charge in [-0.1, -0.05) is 27.5 Å². The summed E-state index contributed by atoms with van der Waals surface area (Å²) in [5, 5.41) is 0. The average Bonchev–Trinajstić information content (AvgIpc) is 1.87. The molecule has 0 saturated carbocycles. The molecule has 2 heteroatoms. The van der Waals surface area contributed by atoms with Crippen LogP contribution in [0.2, 0.25) is 0 Å². The molecule has 0 saturated heterocycles. The van der Waals surface area contributed by atoms with Crippen LogP contribution in [-0.4, -0.2) is 19.2 Å². The molecule has 40 valence electrons. The lowest BCUT2D eigenvalue weighted by Crippen LogP contribution is -1.63. The minimum absolute atomic E-state index is 0.344. The first kappa shape index (κ1) is 5.73. The molecule has 0 radical (unpaired) electrons. The van der Waals surface area contributed by atoms with Gasteiger partial charge in [-0.3, -0.25) is 0 Å². The van der Waals surface area contributed by atoms with Crippen molar-refractivity contribution in [2.24, 2.45) is 0 Å². The van der Waals surface area contributed by atoms with Crippen LogP contribution in [0.25, 0.3) is 0 Å². The van der Waals surface area contributed by atoms with Crippen molar-refractivity contribution in [2.75, 3.05) is 19.2 Å². The van der Waals surface area contributed by atoms with Crippen molar-refractivity contribution >= 4 is 15.8 Å². The number of hydrogen-bond acceptors (Lipinski definition) is 0. The smallest absolute Gasteiger partial charge is 0.00562 e. The molecule has 0 bridgehead atoms. The lowest BCUT2D eigenvalue weighted by atomic mass is 11.2. The summed E-state index contributed by atoms with van der Waals surface area (Å²) in [6.07, 6.45) is 0. The fourth-order valence-electron chi connectivity index (χ4n) is 0.674. The molecule has 0 amide bonds. The van der Waals surface area contributed by atoms with Crippen LogP contribution in [0.5, 0.6) is 0 Å². The van der Waals surface area contributed by atoms with E-state index >= 15 is 0 Å². The van der Waals surface area contributed by atoms with E-state index < -0.39 is 0 Å². The van der Waals surface area contributed by atoms with Gasteiger partial charge in [0.05, 0.1) is 0 Å². The summed E-state index contributed by atoms with van der Waals surface area (Å²) in [5.41, 5.74) is 0. The van der Waals surface area contributed by atoms with E-state index in [1.54, 1.807) is 0 Å². The van der Waals surface area contributed by atoms with Gasteiger partial charge in [-0.2, -0.15) is 0 Å². The minimum Gasteiger partial charge on any atom is -0.0817 e. The van der Waals surface area contributed by atoms with Crippen molar-refractivity contribution in [1.29, 1.82) is 0 Å². The van der Waals surface area contributed by atoms with Crippen LogP contribution in [0, 0.1) is 0 Å². The first-order valence-electron chi connectivity index (χ1n) is 2.38. The zero-order valence-corrected chi connectivity index (χ0v) is 6.55. The molecular weight excluding hydrogens is 122 g/mol. The second-order valence-electron chi connectivity index (χ2n) is 1.95. The molecule has 2 atom stereocenters. The van der Waals surface area contributed by atoms with Gasteiger partial charge in [-0.25, -0.2) is 0 Å². The third-order valence-corrected chi connectivity index (χ3v) is 6.14. The molecular formula is C5H10P2. The van der Waals surface area contributed by atoms with Gasteiger partial charge in [-0.05, 0) is 19.2 Å². The average molecular weight is 132 g/mol. The van der Waals surface area contributed by atoms with E-state index in [0.717, 1.165) is 0 Å². The van der Waals surface area contributed by atoms with Crippen molar-refractivity contribution in [3.05, 3.63) is 11.6 Å². The Balaban J connectivity index is 2.42. The van der Waals surface area contributed by atoms with Crippen LogP contribution in [0.4, 0.5) is 0 Å². The second-order valence-corrected chi connectivity index (χ2v) is 6.71. The van der Waals surface area contributed by atoms with Gasteiger partial charge in [0.2, 0.25) is 0 Å². The third-order valence-electron chi connectivity index (χ3n) is 1.02. The molecule has 0 aromatic carbocycles. The topological polar surface area (TPSA) is 0 Å². The summed E-state index contributed by atoms with van der Waals surface area (Å²) in [4.78, 5) is 0. The van der Waals surface area contributed by atoms with Crippen molar-refractivity contribution < 1.29 is 0 Å². The number of hydrogen-bond donors (Lipinski definition) is 0. The summed E-state index contributed by atoms with van der Waals surface area (Å²) in [6.45, 7) is 4.69. The largest absolute Gasteiger partial charge is 0.0817 e. The monoisotopic (exact) mass is 132 g/mol. The van der Waals surface area contributed by atoms with Crippen LogP contribution in [0.15, 0.2) is 11.6 Å². The maximum Gasteiger partial charge on any atom is -0.00562 e. The van der Waals surface area contributed by atoms with E-state index in [4.69, 9.17) is 0 Å². The second kappa shape index (κ2) is 2.25. The van der Waals surface area contributed by atoms with E-state index in [0.29, 0.717) is 15.8 Å². The summed E-state index contributed by atoms with van der Waals surface area (Å²) in [5.74, 6) is 6.27. The lowest BCUT2D eigenvalue weighted by Gasteiger charge is -1.98. The summed E-state index contributed by atoms with van der Waals surface area (Å²) in [6, 6.07) is 0. The summed E-state index contributed by atoms with van der Waals surface area (Å²) in [7, 11) is 0.688. The Bertz CT molecular complexity index is 78.1. The van der Waals surface area contributed by atoms with Crippen LogP contribution >= 0.6 is 15.8 Å². The Labute approximate surface area is 47.5 Å². The zero-order valence-electron chi connectivity index (χ0n) is 4.76. The van der Waals surface area contributed by atoms with E-state index in [1.807, 2.05) is 0 Å². The predicted octanol–water partition coefficient (Wildman–Crippen LogP) is 2.65. The molecule has 1 heterocycles. The first-order chi connectivity index (χ1) is 3.29. The molecule has 0 spiro atoms. The van der Waals surface area contributed by atoms with Crippen molar-refractivity contribution in [2.45, 2.75) is 0 Å². The van der Waals surface area contributed by atoms with Gasteiger partial charge >= 0.3 is 0 Å². The van der Waals surface area contributed by atoms with E-state index in [2.05, 4.69) is 25.0 Å².